The van der Waals surface area contributed by atoms with Crippen LogP contribution in [0.5, 0.6) is 0 Å². The van der Waals surface area contributed by atoms with Gasteiger partial charge in [0.15, 0.2) is 0 Å². The highest BCUT2D eigenvalue weighted by atomic mass is 32.1. The third-order valence-corrected chi connectivity index (χ3v) is 5.07. The molecule has 4 aromatic rings. The van der Waals surface area contributed by atoms with E-state index < -0.39 is 0 Å². The molecule has 0 unspecified atom stereocenters. The molecule has 4 rings (SSSR count). The van der Waals surface area contributed by atoms with Gasteiger partial charge in [-0.05, 0) is 31.2 Å². The van der Waals surface area contributed by atoms with Gasteiger partial charge in [0.1, 0.15) is 11.0 Å². The number of hydrogen-bond donors (Lipinski definition) is 1. The van der Waals surface area contributed by atoms with Crippen molar-refractivity contribution in [3.63, 3.8) is 0 Å². The second kappa shape index (κ2) is 6.05. The molecule has 2 aromatic carbocycles. The van der Waals surface area contributed by atoms with Gasteiger partial charge in [-0.2, -0.15) is 0 Å². The number of carbonyl (C=O) groups is 1. The summed E-state index contributed by atoms with van der Waals surface area (Å²) >= 11 is 1.61. The third-order valence-electron chi connectivity index (χ3n) is 4.03. The summed E-state index contributed by atoms with van der Waals surface area (Å²) in [5, 5.41) is 3.88. The number of rotatable bonds is 4. The molecular weight excluding hydrogens is 320 g/mol. The molecule has 2 aromatic heterocycles. The van der Waals surface area contributed by atoms with Gasteiger partial charge in [0, 0.05) is 0 Å². The zero-order chi connectivity index (χ0) is 16.5. The molecule has 6 heteroatoms. The van der Waals surface area contributed by atoms with Crippen LogP contribution in [-0.4, -0.2) is 20.4 Å². The number of aromatic nitrogens is 3. The van der Waals surface area contributed by atoms with E-state index in [2.05, 4.69) is 15.3 Å². The molecule has 0 saturated carbocycles. The van der Waals surface area contributed by atoms with Gasteiger partial charge in [0.05, 0.1) is 34.1 Å². The predicted octanol–water partition coefficient (Wildman–Crippen LogP) is 3.52. The van der Waals surface area contributed by atoms with Crippen molar-refractivity contribution >= 4 is 38.5 Å². The average molecular weight is 336 g/mol. The minimum atomic E-state index is -0.327. The molecule has 0 bridgehead atoms. The molecule has 1 amide bonds. The van der Waals surface area contributed by atoms with E-state index in [0.717, 1.165) is 26.3 Å². The fourth-order valence-corrected chi connectivity index (χ4v) is 3.63. The topological polar surface area (TPSA) is 59.8 Å². The number of nitrogens with zero attached hydrogens (tertiary/aromatic N) is 3. The van der Waals surface area contributed by atoms with Crippen molar-refractivity contribution in [2.24, 2.45) is 0 Å². The number of para-hydroxylation sites is 3. The van der Waals surface area contributed by atoms with Crippen molar-refractivity contribution in [3.8, 4) is 0 Å². The van der Waals surface area contributed by atoms with Crippen molar-refractivity contribution in [1.82, 2.24) is 19.9 Å². The van der Waals surface area contributed by atoms with Crippen molar-refractivity contribution in [2.75, 3.05) is 0 Å². The molecule has 0 radical (unpaired) electrons. The summed E-state index contributed by atoms with van der Waals surface area (Å²) in [6, 6.07) is 15.5. The maximum atomic E-state index is 12.5. The minimum absolute atomic E-state index is 0.0441. The normalized spacial score (nSPS) is 12.5. The highest BCUT2D eigenvalue weighted by Gasteiger charge is 2.17. The van der Waals surface area contributed by atoms with E-state index in [1.807, 2.05) is 60.0 Å². The van der Waals surface area contributed by atoms with Gasteiger partial charge < -0.3 is 9.88 Å². The summed E-state index contributed by atoms with van der Waals surface area (Å²) in [6.07, 6.45) is 1.71. The largest absolute Gasteiger partial charge is 0.348 e. The van der Waals surface area contributed by atoms with Gasteiger partial charge in [-0.15, -0.1) is 11.3 Å². The molecule has 0 aliphatic heterocycles. The molecular formula is C18H16N4OS. The van der Waals surface area contributed by atoms with Gasteiger partial charge in [-0.25, -0.2) is 9.97 Å². The fourth-order valence-electron chi connectivity index (χ4n) is 2.72. The second-order valence-electron chi connectivity index (χ2n) is 5.61. The Morgan fingerprint density at radius 2 is 1.92 bits per heavy atom. The summed E-state index contributed by atoms with van der Waals surface area (Å²) < 4.78 is 3.03. The zero-order valence-electron chi connectivity index (χ0n) is 13.1. The number of amides is 1. The van der Waals surface area contributed by atoms with E-state index in [4.69, 9.17) is 0 Å². The van der Waals surface area contributed by atoms with Crippen LogP contribution in [0.15, 0.2) is 54.9 Å². The quantitative estimate of drug-likeness (QED) is 0.620. The minimum Gasteiger partial charge on any atom is -0.348 e. The SMILES string of the molecule is C[C@H](C(=O)NCc1nc2ccccc2s1)n1cnc2ccccc21. The van der Waals surface area contributed by atoms with Gasteiger partial charge in [0.25, 0.3) is 0 Å². The number of carbonyl (C=O) groups excluding carboxylic acids is 1. The average Bonchev–Trinajstić information content (AvgIpc) is 3.22. The molecule has 1 N–H and O–H groups in total. The summed E-state index contributed by atoms with van der Waals surface area (Å²) in [7, 11) is 0. The maximum Gasteiger partial charge on any atom is 0.243 e. The number of fused-ring (bicyclic) bond motifs is 2. The first-order chi connectivity index (χ1) is 11.7. The van der Waals surface area contributed by atoms with Crippen molar-refractivity contribution < 1.29 is 4.79 Å². The van der Waals surface area contributed by atoms with E-state index in [-0.39, 0.29) is 11.9 Å². The Balaban J connectivity index is 1.49. The van der Waals surface area contributed by atoms with Crippen LogP contribution in [0, 0.1) is 0 Å². The van der Waals surface area contributed by atoms with Crippen molar-refractivity contribution in [1.29, 1.82) is 0 Å². The molecule has 120 valence electrons. The lowest BCUT2D eigenvalue weighted by molar-refractivity contribution is -0.123. The van der Waals surface area contributed by atoms with Crippen molar-refractivity contribution in [3.05, 3.63) is 59.9 Å². The first-order valence-corrected chi connectivity index (χ1v) is 8.58. The number of nitrogens with one attached hydrogen (secondary N) is 1. The van der Waals surface area contributed by atoms with Crippen LogP contribution in [0.1, 0.15) is 18.0 Å². The van der Waals surface area contributed by atoms with Crippen LogP contribution >= 0.6 is 11.3 Å². The molecule has 0 spiro atoms. The number of benzene rings is 2. The number of thiazole rings is 1. The lowest BCUT2D eigenvalue weighted by atomic mass is 10.2. The first-order valence-electron chi connectivity index (χ1n) is 7.76. The predicted molar refractivity (Wildman–Crippen MR) is 95.9 cm³/mol. The number of imidazole rings is 1. The van der Waals surface area contributed by atoms with E-state index >= 15 is 0 Å². The van der Waals surface area contributed by atoms with Gasteiger partial charge in [-0.3, -0.25) is 4.79 Å². The van der Waals surface area contributed by atoms with Crippen molar-refractivity contribution in [2.45, 2.75) is 19.5 Å². The monoisotopic (exact) mass is 336 g/mol. The van der Waals surface area contributed by atoms with Crippen LogP contribution in [0.4, 0.5) is 0 Å². The van der Waals surface area contributed by atoms with E-state index in [1.54, 1.807) is 17.7 Å². The summed E-state index contributed by atoms with van der Waals surface area (Å²) in [5.74, 6) is -0.0441. The molecule has 24 heavy (non-hydrogen) atoms. The van der Waals surface area contributed by atoms with Gasteiger partial charge in [-0.1, -0.05) is 24.3 Å². The molecule has 0 aliphatic rings. The number of hydrogen-bond acceptors (Lipinski definition) is 4. The molecule has 5 nitrogen and oxygen atoms in total. The Bertz CT molecular complexity index is 987. The highest BCUT2D eigenvalue weighted by Crippen LogP contribution is 2.22. The van der Waals surface area contributed by atoms with Gasteiger partial charge >= 0.3 is 0 Å². The van der Waals surface area contributed by atoms with Crippen LogP contribution in [0.25, 0.3) is 21.3 Å². The Morgan fingerprint density at radius 1 is 1.17 bits per heavy atom. The summed E-state index contributed by atoms with van der Waals surface area (Å²) in [4.78, 5) is 21.4. The van der Waals surface area contributed by atoms with E-state index in [1.165, 1.54) is 0 Å². The third kappa shape index (κ3) is 2.65. The molecule has 0 saturated heterocycles. The highest BCUT2D eigenvalue weighted by molar-refractivity contribution is 7.18. The molecule has 0 fully saturated rings. The molecule has 0 aliphatic carbocycles. The van der Waals surface area contributed by atoms with Crippen LogP contribution < -0.4 is 5.32 Å². The Kier molecular flexibility index (Phi) is 3.74. The molecule has 1 atom stereocenters. The fraction of sp³-hybridized carbons (Fsp3) is 0.167. The van der Waals surface area contributed by atoms with Gasteiger partial charge in [0.2, 0.25) is 5.91 Å². The Hall–Kier alpha value is -2.73. The van der Waals surface area contributed by atoms with Crippen LogP contribution in [0.2, 0.25) is 0 Å². The van der Waals surface area contributed by atoms with Crippen LogP contribution in [0.3, 0.4) is 0 Å². The van der Waals surface area contributed by atoms with E-state index in [9.17, 15) is 4.79 Å². The maximum absolute atomic E-state index is 12.5. The zero-order valence-corrected chi connectivity index (χ0v) is 14.0. The second-order valence-corrected chi connectivity index (χ2v) is 6.72. The Morgan fingerprint density at radius 3 is 2.75 bits per heavy atom. The smallest absolute Gasteiger partial charge is 0.243 e. The lowest BCUT2D eigenvalue weighted by Crippen LogP contribution is -2.30. The molecule has 2 heterocycles. The first kappa shape index (κ1) is 14.8. The lowest BCUT2D eigenvalue weighted by Gasteiger charge is -2.14. The summed E-state index contributed by atoms with van der Waals surface area (Å²) in [6.45, 7) is 2.32. The standard InChI is InChI=1S/C18H16N4OS/c1-12(22-11-20-13-6-2-4-8-15(13)22)18(23)19-10-17-21-14-7-3-5-9-16(14)24-17/h2-9,11-12H,10H2,1H3,(H,19,23)/t12-/m1/s1. The summed E-state index contributed by atoms with van der Waals surface area (Å²) in [5.41, 5.74) is 2.82. The van der Waals surface area contributed by atoms with E-state index in [0.29, 0.717) is 6.54 Å². The Labute approximate surface area is 143 Å². The van der Waals surface area contributed by atoms with Crippen LogP contribution in [-0.2, 0) is 11.3 Å².